The van der Waals surface area contributed by atoms with E-state index in [2.05, 4.69) is 18.0 Å². The SMILES string of the molecule is CC(=O)N1CCCC(c2cnc(C)c(C)c2)C1. The smallest absolute Gasteiger partial charge is 0.219 e. The van der Waals surface area contributed by atoms with Gasteiger partial charge >= 0.3 is 0 Å². The lowest BCUT2D eigenvalue weighted by Gasteiger charge is -2.32. The Balaban J connectivity index is 2.16. The van der Waals surface area contributed by atoms with Crippen molar-refractivity contribution >= 4 is 5.91 Å². The van der Waals surface area contributed by atoms with E-state index in [1.807, 2.05) is 18.0 Å². The van der Waals surface area contributed by atoms with Gasteiger partial charge in [-0.2, -0.15) is 0 Å². The topological polar surface area (TPSA) is 33.2 Å². The molecule has 1 saturated heterocycles. The maximum atomic E-state index is 11.4. The first kappa shape index (κ1) is 12.1. The predicted molar refractivity (Wildman–Crippen MR) is 67.9 cm³/mol. The molecule has 1 amide bonds. The minimum absolute atomic E-state index is 0.187. The van der Waals surface area contributed by atoms with Gasteiger partial charge in [-0.25, -0.2) is 0 Å². The first-order chi connectivity index (χ1) is 8.08. The molecule has 3 heteroatoms. The van der Waals surface area contributed by atoms with E-state index >= 15 is 0 Å². The van der Waals surface area contributed by atoms with Crippen LogP contribution >= 0.6 is 0 Å². The molecule has 2 heterocycles. The highest BCUT2D eigenvalue weighted by Crippen LogP contribution is 2.27. The standard InChI is InChI=1S/C14H20N2O/c1-10-7-14(8-15-11(10)2)13-5-4-6-16(9-13)12(3)17/h7-8,13H,4-6,9H2,1-3H3. The van der Waals surface area contributed by atoms with Gasteiger partial charge in [0.1, 0.15) is 0 Å². The zero-order chi connectivity index (χ0) is 12.4. The van der Waals surface area contributed by atoms with Crippen molar-refractivity contribution in [3.8, 4) is 0 Å². The van der Waals surface area contributed by atoms with Crippen molar-refractivity contribution in [2.45, 2.75) is 39.5 Å². The number of piperidine rings is 1. The maximum absolute atomic E-state index is 11.4. The average Bonchev–Trinajstić information content (AvgIpc) is 2.33. The summed E-state index contributed by atoms with van der Waals surface area (Å²) in [6.45, 7) is 7.53. The van der Waals surface area contributed by atoms with Gasteiger partial charge in [-0.05, 0) is 37.8 Å². The van der Waals surface area contributed by atoms with Crippen LogP contribution in [0.5, 0.6) is 0 Å². The third-order valence-electron chi connectivity index (χ3n) is 3.70. The Hall–Kier alpha value is -1.38. The van der Waals surface area contributed by atoms with Crippen LogP contribution in [0.3, 0.4) is 0 Å². The Morgan fingerprint density at radius 3 is 2.88 bits per heavy atom. The van der Waals surface area contributed by atoms with Crippen LogP contribution in [0.25, 0.3) is 0 Å². The van der Waals surface area contributed by atoms with E-state index in [-0.39, 0.29) is 5.91 Å². The molecule has 0 bridgehead atoms. The number of hydrogen-bond donors (Lipinski definition) is 0. The van der Waals surface area contributed by atoms with E-state index in [9.17, 15) is 4.79 Å². The molecule has 92 valence electrons. The van der Waals surface area contributed by atoms with E-state index in [4.69, 9.17) is 0 Å². The van der Waals surface area contributed by atoms with E-state index < -0.39 is 0 Å². The fraction of sp³-hybridized carbons (Fsp3) is 0.571. The van der Waals surface area contributed by atoms with Gasteiger partial charge in [-0.1, -0.05) is 6.07 Å². The Kier molecular flexibility index (Phi) is 3.46. The largest absolute Gasteiger partial charge is 0.342 e. The summed E-state index contributed by atoms with van der Waals surface area (Å²) in [5.74, 6) is 0.644. The molecule has 1 aromatic heterocycles. The number of aromatic nitrogens is 1. The number of nitrogens with zero attached hydrogens (tertiary/aromatic N) is 2. The first-order valence-corrected chi connectivity index (χ1v) is 6.26. The van der Waals surface area contributed by atoms with Gasteiger partial charge in [0.05, 0.1) is 0 Å². The number of likely N-dealkylation sites (tertiary alicyclic amines) is 1. The number of hydrogen-bond acceptors (Lipinski definition) is 2. The molecule has 1 aromatic rings. The molecule has 17 heavy (non-hydrogen) atoms. The molecule has 0 radical (unpaired) electrons. The van der Waals surface area contributed by atoms with Crippen molar-refractivity contribution in [2.75, 3.05) is 13.1 Å². The van der Waals surface area contributed by atoms with Crippen LogP contribution in [-0.2, 0) is 4.79 Å². The Labute approximate surface area is 103 Å². The van der Waals surface area contributed by atoms with Crippen molar-refractivity contribution < 1.29 is 4.79 Å². The van der Waals surface area contributed by atoms with Crippen LogP contribution in [-0.4, -0.2) is 28.9 Å². The van der Waals surface area contributed by atoms with Crippen molar-refractivity contribution in [3.05, 3.63) is 29.1 Å². The van der Waals surface area contributed by atoms with Crippen LogP contribution in [0.4, 0.5) is 0 Å². The number of pyridine rings is 1. The highest BCUT2D eigenvalue weighted by atomic mass is 16.2. The Bertz CT molecular complexity index is 428. The number of aryl methyl sites for hydroxylation is 2. The van der Waals surface area contributed by atoms with Gasteiger partial charge in [0, 0.05) is 37.8 Å². The zero-order valence-electron chi connectivity index (χ0n) is 10.9. The molecule has 1 unspecified atom stereocenters. The van der Waals surface area contributed by atoms with Gasteiger partial charge in [-0.15, -0.1) is 0 Å². The van der Waals surface area contributed by atoms with Crippen molar-refractivity contribution in [2.24, 2.45) is 0 Å². The maximum Gasteiger partial charge on any atom is 0.219 e. The van der Waals surface area contributed by atoms with Crippen molar-refractivity contribution in [3.63, 3.8) is 0 Å². The van der Waals surface area contributed by atoms with Gasteiger partial charge in [0.25, 0.3) is 0 Å². The molecule has 1 aliphatic heterocycles. The molecule has 0 aliphatic carbocycles. The molecule has 1 atom stereocenters. The fourth-order valence-corrected chi connectivity index (χ4v) is 2.42. The van der Waals surface area contributed by atoms with E-state index in [0.29, 0.717) is 5.92 Å². The van der Waals surface area contributed by atoms with Gasteiger partial charge in [0.2, 0.25) is 5.91 Å². The molecule has 3 nitrogen and oxygen atoms in total. The molecular formula is C14H20N2O. The lowest BCUT2D eigenvalue weighted by molar-refractivity contribution is -0.130. The molecule has 0 spiro atoms. The summed E-state index contributed by atoms with van der Waals surface area (Å²) in [4.78, 5) is 17.8. The molecule has 2 rings (SSSR count). The second-order valence-corrected chi connectivity index (χ2v) is 4.98. The summed E-state index contributed by atoms with van der Waals surface area (Å²) >= 11 is 0. The first-order valence-electron chi connectivity index (χ1n) is 6.26. The van der Waals surface area contributed by atoms with Crippen LogP contribution in [0.1, 0.15) is 42.5 Å². The van der Waals surface area contributed by atoms with Crippen LogP contribution in [0, 0.1) is 13.8 Å². The van der Waals surface area contributed by atoms with Gasteiger partial charge in [0.15, 0.2) is 0 Å². The van der Waals surface area contributed by atoms with E-state index in [0.717, 1.165) is 31.6 Å². The molecule has 0 saturated carbocycles. The Morgan fingerprint density at radius 1 is 1.47 bits per heavy atom. The summed E-state index contributed by atoms with van der Waals surface area (Å²) < 4.78 is 0. The molecule has 0 N–H and O–H groups in total. The number of rotatable bonds is 1. The highest BCUT2D eigenvalue weighted by molar-refractivity contribution is 5.73. The van der Waals surface area contributed by atoms with E-state index in [1.165, 1.54) is 11.1 Å². The normalized spacial score (nSPS) is 20.4. The van der Waals surface area contributed by atoms with Crippen LogP contribution < -0.4 is 0 Å². The van der Waals surface area contributed by atoms with Crippen molar-refractivity contribution in [1.29, 1.82) is 0 Å². The zero-order valence-corrected chi connectivity index (χ0v) is 10.9. The lowest BCUT2D eigenvalue weighted by atomic mass is 9.91. The van der Waals surface area contributed by atoms with Gasteiger partial charge < -0.3 is 4.90 Å². The quantitative estimate of drug-likeness (QED) is 0.745. The Morgan fingerprint density at radius 2 is 2.24 bits per heavy atom. The monoisotopic (exact) mass is 232 g/mol. The average molecular weight is 232 g/mol. The van der Waals surface area contributed by atoms with Crippen LogP contribution in [0.2, 0.25) is 0 Å². The second kappa shape index (κ2) is 4.86. The third-order valence-corrected chi connectivity index (χ3v) is 3.70. The molecular weight excluding hydrogens is 212 g/mol. The minimum atomic E-state index is 0.187. The minimum Gasteiger partial charge on any atom is -0.342 e. The van der Waals surface area contributed by atoms with Gasteiger partial charge in [-0.3, -0.25) is 9.78 Å². The number of carbonyl (C=O) groups excluding carboxylic acids is 1. The van der Waals surface area contributed by atoms with Crippen LogP contribution in [0.15, 0.2) is 12.3 Å². The molecule has 1 aliphatic rings. The lowest BCUT2D eigenvalue weighted by Crippen LogP contribution is -2.37. The fourth-order valence-electron chi connectivity index (χ4n) is 2.42. The van der Waals surface area contributed by atoms with E-state index in [1.54, 1.807) is 6.92 Å². The number of amides is 1. The third kappa shape index (κ3) is 2.65. The predicted octanol–water partition coefficient (Wildman–Crippen LogP) is 2.42. The second-order valence-electron chi connectivity index (χ2n) is 4.98. The molecule has 0 aromatic carbocycles. The van der Waals surface area contributed by atoms with Crippen molar-refractivity contribution in [1.82, 2.24) is 9.88 Å². The summed E-state index contributed by atoms with van der Waals surface area (Å²) in [6.07, 6.45) is 4.22. The number of carbonyl (C=O) groups is 1. The summed E-state index contributed by atoms with van der Waals surface area (Å²) in [7, 11) is 0. The molecule has 1 fully saturated rings. The summed E-state index contributed by atoms with van der Waals surface area (Å²) in [5.41, 5.74) is 3.61. The highest BCUT2D eigenvalue weighted by Gasteiger charge is 2.23. The summed E-state index contributed by atoms with van der Waals surface area (Å²) in [5, 5.41) is 0. The summed E-state index contributed by atoms with van der Waals surface area (Å²) in [6, 6.07) is 2.22.